The summed E-state index contributed by atoms with van der Waals surface area (Å²) in [5.74, 6) is 0.889. The molecule has 158 valence electrons. The van der Waals surface area contributed by atoms with Crippen LogP contribution in [0.3, 0.4) is 0 Å². The second kappa shape index (κ2) is 8.89. The summed E-state index contributed by atoms with van der Waals surface area (Å²) in [5, 5.41) is 0.220. The predicted octanol–water partition coefficient (Wildman–Crippen LogP) is 5.83. The fraction of sp³-hybridized carbons (Fsp3) is 0.240. The average molecular weight is 496 g/mol. The van der Waals surface area contributed by atoms with Crippen molar-refractivity contribution in [3.63, 3.8) is 0 Å². The Hall–Kier alpha value is -2.57. The van der Waals surface area contributed by atoms with Gasteiger partial charge in [-0.05, 0) is 41.3 Å². The maximum Gasteiger partial charge on any atom is 0.352 e. The van der Waals surface area contributed by atoms with Crippen molar-refractivity contribution >= 4 is 39.1 Å². The van der Waals surface area contributed by atoms with E-state index in [1.807, 2.05) is 24.3 Å². The standard InChI is InChI=1S/C25H22BrNO3S/c26-20-10-4-9-19(14-20)24(22-16-29-25(31)30-22)27-13-12-18-8-5-11-21(23(18)27)28-15-17-6-2-1-3-7-17/h1-11,14,22,24H,12-13,15-16H2. The number of nitrogens with zero attached hydrogens (tertiary/aromatic N) is 1. The number of hydrogen-bond donors (Lipinski definition) is 0. The molecular weight excluding hydrogens is 474 g/mol. The third-order valence-corrected chi connectivity index (χ3v) is 6.43. The Morgan fingerprint density at radius 2 is 1.90 bits per heavy atom. The molecule has 0 aromatic heterocycles. The highest BCUT2D eigenvalue weighted by molar-refractivity contribution is 9.10. The van der Waals surface area contributed by atoms with E-state index in [0.29, 0.717) is 13.2 Å². The molecule has 2 heterocycles. The van der Waals surface area contributed by atoms with Crippen molar-refractivity contribution < 1.29 is 14.2 Å². The van der Waals surface area contributed by atoms with Gasteiger partial charge in [0, 0.05) is 23.2 Å². The molecule has 5 rings (SSSR count). The van der Waals surface area contributed by atoms with Gasteiger partial charge in [0.1, 0.15) is 19.0 Å². The summed E-state index contributed by atoms with van der Waals surface area (Å²) in [5.41, 5.74) is 4.71. The van der Waals surface area contributed by atoms with Gasteiger partial charge in [0.15, 0.2) is 6.10 Å². The number of benzene rings is 3. The molecule has 1 fully saturated rings. The van der Waals surface area contributed by atoms with Gasteiger partial charge < -0.3 is 19.1 Å². The van der Waals surface area contributed by atoms with Crippen LogP contribution < -0.4 is 9.64 Å². The summed E-state index contributed by atoms with van der Waals surface area (Å²) in [6.45, 7) is 1.85. The molecular formula is C25H22BrNO3S. The van der Waals surface area contributed by atoms with Crippen LogP contribution in [0.2, 0.25) is 0 Å². The molecule has 0 radical (unpaired) electrons. The van der Waals surface area contributed by atoms with Crippen molar-refractivity contribution in [3.8, 4) is 5.75 Å². The number of thiocarbonyl (C=S) groups is 1. The Bertz CT molecular complexity index is 1090. The van der Waals surface area contributed by atoms with Gasteiger partial charge in [0.25, 0.3) is 0 Å². The average Bonchev–Trinajstić information content (AvgIpc) is 3.40. The predicted molar refractivity (Wildman–Crippen MR) is 129 cm³/mol. The highest BCUT2D eigenvalue weighted by Crippen LogP contribution is 2.44. The number of hydrogen-bond acceptors (Lipinski definition) is 5. The third-order valence-electron chi connectivity index (χ3n) is 5.72. The van der Waals surface area contributed by atoms with E-state index < -0.39 is 0 Å². The number of fused-ring (bicyclic) bond motifs is 1. The fourth-order valence-electron chi connectivity index (χ4n) is 4.36. The minimum atomic E-state index is -0.185. The van der Waals surface area contributed by atoms with Gasteiger partial charge in [-0.25, -0.2) is 0 Å². The number of ether oxygens (including phenoxy) is 3. The number of rotatable bonds is 6. The second-order valence-corrected chi connectivity index (χ2v) is 8.95. The maximum atomic E-state index is 6.31. The van der Waals surface area contributed by atoms with Gasteiger partial charge in [0.05, 0.1) is 11.7 Å². The van der Waals surface area contributed by atoms with E-state index in [1.54, 1.807) is 0 Å². The second-order valence-electron chi connectivity index (χ2n) is 7.70. The van der Waals surface area contributed by atoms with Gasteiger partial charge >= 0.3 is 5.24 Å². The zero-order valence-corrected chi connectivity index (χ0v) is 19.3. The summed E-state index contributed by atoms with van der Waals surface area (Å²) in [6, 6.07) is 24.9. The molecule has 0 N–H and O–H groups in total. The van der Waals surface area contributed by atoms with Gasteiger partial charge in [-0.2, -0.15) is 0 Å². The smallest absolute Gasteiger partial charge is 0.352 e. The Kier molecular flexibility index (Phi) is 5.83. The van der Waals surface area contributed by atoms with Crippen LogP contribution in [-0.2, 0) is 22.5 Å². The number of para-hydroxylation sites is 1. The molecule has 6 heteroatoms. The lowest BCUT2D eigenvalue weighted by atomic mass is 9.99. The summed E-state index contributed by atoms with van der Waals surface area (Å²) >= 11 is 8.78. The van der Waals surface area contributed by atoms with Crippen LogP contribution in [0.4, 0.5) is 5.69 Å². The summed E-state index contributed by atoms with van der Waals surface area (Å²) in [7, 11) is 0. The van der Waals surface area contributed by atoms with E-state index in [1.165, 1.54) is 5.56 Å². The zero-order chi connectivity index (χ0) is 21.2. The molecule has 4 nitrogen and oxygen atoms in total. The molecule has 0 saturated carbocycles. The molecule has 2 aliphatic rings. The Morgan fingerprint density at radius 1 is 1.06 bits per heavy atom. The Balaban J connectivity index is 1.50. The van der Waals surface area contributed by atoms with E-state index in [0.717, 1.165) is 40.0 Å². The van der Waals surface area contributed by atoms with Gasteiger partial charge in [0.2, 0.25) is 0 Å². The van der Waals surface area contributed by atoms with Crippen LogP contribution >= 0.6 is 28.1 Å². The lowest BCUT2D eigenvalue weighted by Crippen LogP contribution is -2.37. The van der Waals surface area contributed by atoms with Crippen molar-refractivity contribution in [2.24, 2.45) is 0 Å². The molecule has 0 aliphatic carbocycles. The first-order valence-electron chi connectivity index (χ1n) is 10.3. The molecule has 2 aliphatic heterocycles. The minimum Gasteiger partial charge on any atom is -0.487 e. The first-order chi connectivity index (χ1) is 15.2. The topological polar surface area (TPSA) is 30.9 Å². The van der Waals surface area contributed by atoms with Crippen molar-refractivity contribution in [2.75, 3.05) is 18.1 Å². The fourth-order valence-corrected chi connectivity index (χ4v) is 4.97. The lowest BCUT2D eigenvalue weighted by molar-refractivity contribution is 0.190. The van der Waals surface area contributed by atoms with E-state index in [9.17, 15) is 0 Å². The van der Waals surface area contributed by atoms with Crippen molar-refractivity contribution in [1.82, 2.24) is 0 Å². The number of halogens is 1. The SMILES string of the molecule is S=C1OCC(C(c2cccc(Br)c2)N2CCc3cccc(OCc4ccccc4)c32)O1. The van der Waals surface area contributed by atoms with E-state index >= 15 is 0 Å². The van der Waals surface area contributed by atoms with E-state index in [4.69, 9.17) is 26.4 Å². The Morgan fingerprint density at radius 3 is 2.68 bits per heavy atom. The summed E-state index contributed by atoms with van der Waals surface area (Å²) < 4.78 is 18.8. The third kappa shape index (κ3) is 4.27. The monoisotopic (exact) mass is 495 g/mol. The number of anilines is 1. The molecule has 0 amide bonds. The van der Waals surface area contributed by atoms with Crippen molar-refractivity contribution in [3.05, 3.63) is 94.0 Å². The largest absolute Gasteiger partial charge is 0.487 e. The van der Waals surface area contributed by atoms with Crippen LogP contribution in [0, 0.1) is 0 Å². The van der Waals surface area contributed by atoms with Crippen LogP contribution in [0.5, 0.6) is 5.75 Å². The first kappa shape index (κ1) is 20.3. The van der Waals surface area contributed by atoms with Crippen LogP contribution in [0.15, 0.2) is 77.3 Å². The molecule has 1 saturated heterocycles. The first-order valence-corrected chi connectivity index (χ1v) is 11.5. The molecule has 0 bridgehead atoms. The maximum absolute atomic E-state index is 6.31. The van der Waals surface area contributed by atoms with Crippen molar-refractivity contribution in [2.45, 2.75) is 25.2 Å². The zero-order valence-electron chi connectivity index (χ0n) is 16.9. The summed E-state index contributed by atoms with van der Waals surface area (Å²) in [6.07, 6.45) is 0.773. The molecule has 3 aromatic rings. The van der Waals surface area contributed by atoms with E-state index in [-0.39, 0.29) is 17.4 Å². The van der Waals surface area contributed by atoms with Gasteiger partial charge in [-0.3, -0.25) is 0 Å². The minimum absolute atomic E-state index is 0.0410. The van der Waals surface area contributed by atoms with Gasteiger partial charge in [-0.15, -0.1) is 0 Å². The molecule has 0 spiro atoms. The van der Waals surface area contributed by atoms with E-state index in [2.05, 4.69) is 69.4 Å². The summed E-state index contributed by atoms with van der Waals surface area (Å²) in [4.78, 5) is 2.39. The molecule has 2 atom stereocenters. The van der Waals surface area contributed by atoms with Crippen LogP contribution in [0.25, 0.3) is 0 Å². The quantitative estimate of drug-likeness (QED) is 0.401. The van der Waals surface area contributed by atoms with Crippen molar-refractivity contribution in [1.29, 1.82) is 0 Å². The molecule has 3 aromatic carbocycles. The highest BCUT2D eigenvalue weighted by atomic mass is 79.9. The molecule has 2 unspecified atom stereocenters. The van der Waals surface area contributed by atoms with Crippen LogP contribution in [0.1, 0.15) is 22.7 Å². The normalized spacial score (nSPS) is 18.3. The molecule has 31 heavy (non-hydrogen) atoms. The van der Waals surface area contributed by atoms with Crippen LogP contribution in [-0.4, -0.2) is 24.5 Å². The Labute approximate surface area is 195 Å². The lowest BCUT2D eigenvalue weighted by Gasteiger charge is -2.34. The van der Waals surface area contributed by atoms with Gasteiger partial charge in [-0.1, -0.05) is 70.5 Å². The highest BCUT2D eigenvalue weighted by Gasteiger charge is 2.39.